The molecule has 4 amide bonds. The maximum atomic E-state index is 13.5. The third kappa shape index (κ3) is 4.53. The first-order valence-electron chi connectivity index (χ1n) is 11.8. The molecule has 0 bridgehead atoms. The summed E-state index contributed by atoms with van der Waals surface area (Å²) >= 11 is 0. The molecule has 1 aliphatic heterocycles. The fraction of sp³-hybridized carbons (Fsp3) is 0.308. The molecule has 180 valence electrons. The van der Waals surface area contributed by atoms with Crippen LogP contribution in [0, 0.1) is 5.82 Å². The molecule has 2 aliphatic rings. The number of halogens is 1. The second kappa shape index (κ2) is 9.32. The topological polar surface area (TPSA) is 96.3 Å². The fourth-order valence-corrected chi connectivity index (χ4v) is 4.80. The van der Waals surface area contributed by atoms with Crippen molar-refractivity contribution >= 4 is 17.8 Å². The summed E-state index contributed by atoms with van der Waals surface area (Å²) in [4.78, 5) is 38.9. The van der Waals surface area contributed by atoms with E-state index in [0.29, 0.717) is 18.5 Å². The number of nitrogens with zero attached hydrogens (tertiary/aromatic N) is 3. The molecule has 1 aromatic heterocycles. The molecule has 9 heteroatoms. The van der Waals surface area contributed by atoms with Crippen molar-refractivity contribution in [1.29, 1.82) is 0 Å². The van der Waals surface area contributed by atoms with Crippen molar-refractivity contribution in [1.82, 2.24) is 25.3 Å². The van der Waals surface area contributed by atoms with Gasteiger partial charge in [0.2, 0.25) is 5.91 Å². The standard InChI is InChI=1S/C26H26FN5O3/c27-20-10-8-18(9-11-20)23-19(17-32(30-23)21-6-2-1-3-7-21)16-28-22(33)12-15-31-24(34)26(29-25(31)35)13-4-5-14-26/h1-3,6-11,17H,4-5,12-16H2,(H,28,33)(H,29,35). The van der Waals surface area contributed by atoms with Crippen LogP contribution in [0.15, 0.2) is 60.8 Å². The van der Waals surface area contributed by atoms with Gasteiger partial charge in [0.1, 0.15) is 11.4 Å². The van der Waals surface area contributed by atoms with E-state index in [4.69, 9.17) is 0 Å². The summed E-state index contributed by atoms with van der Waals surface area (Å²) in [5.41, 5.74) is 2.20. The van der Waals surface area contributed by atoms with E-state index in [-0.39, 0.29) is 37.1 Å². The first-order chi connectivity index (χ1) is 16.9. The second-order valence-corrected chi connectivity index (χ2v) is 8.99. The Kier molecular flexibility index (Phi) is 6.07. The van der Waals surface area contributed by atoms with Gasteiger partial charge in [-0.3, -0.25) is 14.5 Å². The molecule has 2 N–H and O–H groups in total. The SMILES string of the molecule is O=C(CCN1C(=O)NC2(CCCC2)C1=O)NCc1cn(-c2ccccc2)nc1-c1ccc(F)cc1. The van der Waals surface area contributed by atoms with Crippen molar-refractivity contribution < 1.29 is 18.8 Å². The minimum Gasteiger partial charge on any atom is -0.352 e. The van der Waals surface area contributed by atoms with E-state index in [1.165, 1.54) is 12.1 Å². The van der Waals surface area contributed by atoms with Crippen molar-refractivity contribution in [3.8, 4) is 16.9 Å². The normalized spacial score (nSPS) is 16.7. The number of nitrogens with one attached hydrogen (secondary N) is 2. The highest BCUT2D eigenvalue weighted by atomic mass is 19.1. The quantitative estimate of drug-likeness (QED) is 0.511. The zero-order valence-corrected chi connectivity index (χ0v) is 19.2. The molecule has 3 aromatic rings. The van der Waals surface area contributed by atoms with Crippen LogP contribution < -0.4 is 10.6 Å². The summed E-state index contributed by atoms with van der Waals surface area (Å²) in [5.74, 6) is -0.850. The summed E-state index contributed by atoms with van der Waals surface area (Å²) in [6.45, 7) is 0.231. The minimum atomic E-state index is -0.774. The number of para-hydroxylation sites is 1. The number of rotatable bonds is 7. The molecule has 0 unspecified atom stereocenters. The maximum Gasteiger partial charge on any atom is 0.325 e. The summed E-state index contributed by atoms with van der Waals surface area (Å²) < 4.78 is 15.2. The molecule has 1 aliphatic carbocycles. The Labute approximate surface area is 202 Å². The Bertz CT molecular complexity index is 1250. The fourth-order valence-electron chi connectivity index (χ4n) is 4.80. The highest BCUT2D eigenvalue weighted by Gasteiger charge is 2.52. The van der Waals surface area contributed by atoms with Gasteiger partial charge >= 0.3 is 6.03 Å². The largest absolute Gasteiger partial charge is 0.352 e. The van der Waals surface area contributed by atoms with Crippen LogP contribution in [0.25, 0.3) is 16.9 Å². The molecule has 8 nitrogen and oxygen atoms in total. The molecule has 1 spiro atoms. The molecule has 1 saturated carbocycles. The van der Waals surface area contributed by atoms with Gasteiger partial charge in [-0.15, -0.1) is 0 Å². The number of aromatic nitrogens is 2. The Morgan fingerprint density at radius 3 is 2.49 bits per heavy atom. The Morgan fingerprint density at radius 2 is 1.77 bits per heavy atom. The number of benzene rings is 2. The summed E-state index contributed by atoms with van der Waals surface area (Å²) in [5, 5.41) is 10.4. The third-order valence-electron chi connectivity index (χ3n) is 6.67. The summed E-state index contributed by atoms with van der Waals surface area (Å²) in [6.07, 6.45) is 4.96. The average Bonchev–Trinajstić information content (AvgIpc) is 3.57. The van der Waals surface area contributed by atoms with Gasteiger partial charge in [0.25, 0.3) is 5.91 Å². The van der Waals surface area contributed by atoms with E-state index in [1.54, 1.807) is 16.8 Å². The lowest BCUT2D eigenvalue weighted by atomic mass is 9.98. The molecule has 2 fully saturated rings. The number of carbonyl (C=O) groups excluding carboxylic acids is 3. The lowest BCUT2D eigenvalue weighted by Gasteiger charge is -2.19. The molecule has 2 heterocycles. The van der Waals surface area contributed by atoms with Crippen LogP contribution in [-0.4, -0.2) is 44.6 Å². The van der Waals surface area contributed by atoms with Gasteiger partial charge in [0, 0.05) is 36.8 Å². The van der Waals surface area contributed by atoms with Gasteiger partial charge in [0.15, 0.2) is 0 Å². The Morgan fingerprint density at radius 1 is 1.06 bits per heavy atom. The van der Waals surface area contributed by atoms with Gasteiger partial charge in [-0.05, 0) is 49.2 Å². The highest BCUT2D eigenvalue weighted by molar-refractivity contribution is 6.07. The number of carbonyl (C=O) groups is 3. The Hall–Kier alpha value is -4.01. The van der Waals surface area contributed by atoms with Crippen LogP contribution in [0.3, 0.4) is 0 Å². The second-order valence-electron chi connectivity index (χ2n) is 8.99. The van der Waals surface area contributed by atoms with Crippen LogP contribution in [0.2, 0.25) is 0 Å². The monoisotopic (exact) mass is 475 g/mol. The number of hydrogen-bond acceptors (Lipinski definition) is 4. The predicted molar refractivity (Wildman–Crippen MR) is 127 cm³/mol. The number of imide groups is 1. The van der Waals surface area contributed by atoms with Crippen LogP contribution in [0.5, 0.6) is 0 Å². The molecular weight excluding hydrogens is 449 g/mol. The number of urea groups is 1. The number of amides is 4. The van der Waals surface area contributed by atoms with Gasteiger partial charge < -0.3 is 10.6 Å². The maximum absolute atomic E-state index is 13.5. The van der Waals surface area contributed by atoms with E-state index < -0.39 is 11.6 Å². The van der Waals surface area contributed by atoms with Crippen LogP contribution in [0.4, 0.5) is 9.18 Å². The highest BCUT2D eigenvalue weighted by Crippen LogP contribution is 2.35. The van der Waals surface area contributed by atoms with Crippen LogP contribution in [0.1, 0.15) is 37.7 Å². The smallest absolute Gasteiger partial charge is 0.325 e. The van der Waals surface area contributed by atoms with Gasteiger partial charge in [-0.25, -0.2) is 13.9 Å². The van der Waals surface area contributed by atoms with Crippen molar-refractivity contribution in [3.05, 3.63) is 72.2 Å². The molecule has 35 heavy (non-hydrogen) atoms. The van der Waals surface area contributed by atoms with E-state index >= 15 is 0 Å². The van der Waals surface area contributed by atoms with Gasteiger partial charge in [-0.1, -0.05) is 31.0 Å². The first kappa shape index (κ1) is 22.8. The van der Waals surface area contributed by atoms with E-state index in [2.05, 4.69) is 15.7 Å². The lowest BCUT2D eigenvalue weighted by molar-refractivity contribution is -0.131. The van der Waals surface area contributed by atoms with E-state index in [0.717, 1.165) is 34.6 Å². The van der Waals surface area contributed by atoms with Crippen LogP contribution in [-0.2, 0) is 16.1 Å². The van der Waals surface area contributed by atoms with Crippen molar-refractivity contribution in [3.63, 3.8) is 0 Å². The van der Waals surface area contributed by atoms with Crippen molar-refractivity contribution in [2.24, 2.45) is 0 Å². The van der Waals surface area contributed by atoms with Gasteiger partial charge in [0.05, 0.1) is 11.4 Å². The van der Waals surface area contributed by atoms with Gasteiger partial charge in [-0.2, -0.15) is 5.10 Å². The van der Waals surface area contributed by atoms with E-state index in [9.17, 15) is 18.8 Å². The average molecular weight is 476 g/mol. The zero-order chi connectivity index (χ0) is 24.4. The van der Waals surface area contributed by atoms with Crippen LogP contribution >= 0.6 is 0 Å². The lowest BCUT2D eigenvalue weighted by Crippen LogP contribution is -2.44. The number of hydrogen-bond donors (Lipinski definition) is 2. The van der Waals surface area contributed by atoms with Crippen molar-refractivity contribution in [2.75, 3.05) is 6.54 Å². The summed E-state index contributed by atoms with van der Waals surface area (Å²) in [6, 6.07) is 15.2. The molecule has 1 saturated heterocycles. The Balaban J connectivity index is 1.27. The molecule has 2 aromatic carbocycles. The molecule has 0 atom stereocenters. The zero-order valence-electron chi connectivity index (χ0n) is 19.2. The minimum absolute atomic E-state index is 0.00788. The van der Waals surface area contributed by atoms with E-state index in [1.807, 2.05) is 36.5 Å². The third-order valence-corrected chi connectivity index (χ3v) is 6.67. The molecule has 5 rings (SSSR count). The predicted octanol–water partition coefficient (Wildman–Crippen LogP) is 3.55. The summed E-state index contributed by atoms with van der Waals surface area (Å²) in [7, 11) is 0. The first-order valence-corrected chi connectivity index (χ1v) is 11.8. The van der Waals surface area contributed by atoms with Crippen molar-refractivity contribution in [2.45, 2.75) is 44.2 Å². The molecular formula is C26H26FN5O3. The molecule has 0 radical (unpaired) electrons.